The molecule has 1 aromatic rings. The second-order valence-corrected chi connectivity index (χ2v) is 4.56. The molecule has 0 saturated heterocycles. The maximum atomic E-state index is 12.9. The summed E-state index contributed by atoms with van der Waals surface area (Å²) in [5, 5.41) is 0.372. The Bertz CT molecular complexity index is 479. The maximum absolute atomic E-state index is 12.9. The molecule has 1 aromatic carbocycles. The fraction of sp³-hybridized carbons (Fsp3) is 0.417. The highest BCUT2D eigenvalue weighted by atomic mass is 35.5. The van der Waals surface area contributed by atoms with Gasteiger partial charge in [0.2, 0.25) is 6.08 Å². The van der Waals surface area contributed by atoms with Crippen molar-refractivity contribution < 1.29 is 13.6 Å². The molecule has 0 N–H and O–H groups in total. The summed E-state index contributed by atoms with van der Waals surface area (Å²) < 4.78 is 25.8. The minimum atomic E-state index is -2.60. The third-order valence-electron chi connectivity index (χ3n) is 3.19. The number of rotatable bonds is 3. The molecule has 0 spiro atoms. The molecule has 0 unspecified atom stereocenters. The Morgan fingerprint density at radius 3 is 2.59 bits per heavy atom. The zero-order valence-electron chi connectivity index (χ0n) is 8.92. The van der Waals surface area contributed by atoms with Crippen LogP contribution >= 0.6 is 11.6 Å². The summed E-state index contributed by atoms with van der Waals surface area (Å²) in [5.74, 6) is 0. The number of aliphatic imine (C=N–C) groups is 1. The largest absolute Gasteiger partial charge is 0.264 e. The van der Waals surface area contributed by atoms with Crippen LogP contribution in [0.1, 0.15) is 36.8 Å². The van der Waals surface area contributed by atoms with Gasteiger partial charge in [-0.05, 0) is 37.0 Å². The van der Waals surface area contributed by atoms with Crippen LogP contribution in [0.4, 0.5) is 8.78 Å². The van der Waals surface area contributed by atoms with Gasteiger partial charge in [-0.3, -0.25) is 0 Å². The molecule has 1 fully saturated rings. The smallest absolute Gasteiger partial charge is 0.211 e. The molecule has 1 saturated carbocycles. The van der Waals surface area contributed by atoms with Crippen molar-refractivity contribution in [1.82, 2.24) is 0 Å². The van der Waals surface area contributed by atoms with E-state index < -0.39 is 12.0 Å². The highest BCUT2D eigenvalue weighted by Crippen LogP contribution is 2.48. The highest BCUT2D eigenvalue weighted by molar-refractivity contribution is 6.30. The van der Waals surface area contributed by atoms with E-state index >= 15 is 0 Å². The first-order chi connectivity index (χ1) is 8.09. The molecule has 90 valence electrons. The van der Waals surface area contributed by atoms with Crippen LogP contribution in [0.15, 0.2) is 23.2 Å². The first kappa shape index (κ1) is 12.2. The Labute approximate surface area is 102 Å². The fourth-order valence-electron chi connectivity index (χ4n) is 2.16. The molecule has 1 aliphatic carbocycles. The van der Waals surface area contributed by atoms with E-state index in [1.165, 1.54) is 24.3 Å². The lowest BCUT2D eigenvalue weighted by atomic mass is 9.71. The van der Waals surface area contributed by atoms with Gasteiger partial charge in [0.15, 0.2) is 0 Å². The lowest BCUT2D eigenvalue weighted by Crippen LogP contribution is -2.33. The van der Waals surface area contributed by atoms with Crippen LogP contribution in [0.25, 0.3) is 0 Å². The predicted molar refractivity (Wildman–Crippen MR) is 60.1 cm³/mol. The van der Waals surface area contributed by atoms with Crippen molar-refractivity contribution >= 4 is 17.7 Å². The van der Waals surface area contributed by atoms with Crippen molar-refractivity contribution in [3.05, 3.63) is 34.3 Å². The summed E-state index contributed by atoms with van der Waals surface area (Å²) in [7, 11) is 0. The molecule has 2 rings (SSSR count). The quantitative estimate of drug-likeness (QED) is 0.595. The van der Waals surface area contributed by atoms with Gasteiger partial charge in [-0.1, -0.05) is 17.7 Å². The number of hydrogen-bond acceptors (Lipinski definition) is 2. The summed E-state index contributed by atoms with van der Waals surface area (Å²) >= 11 is 5.82. The average Bonchev–Trinajstić information content (AvgIpc) is 2.22. The zero-order chi connectivity index (χ0) is 12.5. The van der Waals surface area contributed by atoms with Gasteiger partial charge in [0.25, 0.3) is 6.43 Å². The monoisotopic (exact) mass is 257 g/mol. The average molecular weight is 258 g/mol. The molecule has 0 amide bonds. The van der Waals surface area contributed by atoms with E-state index in [0.717, 1.165) is 6.42 Å². The van der Waals surface area contributed by atoms with Crippen molar-refractivity contribution in [2.75, 3.05) is 0 Å². The Hall–Kier alpha value is -1.25. The van der Waals surface area contributed by atoms with Gasteiger partial charge >= 0.3 is 0 Å². The van der Waals surface area contributed by atoms with Gasteiger partial charge in [-0.15, -0.1) is 0 Å². The molecule has 5 heteroatoms. The Kier molecular flexibility index (Phi) is 3.27. The zero-order valence-corrected chi connectivity index (χ0v) is 9.68. The number of isocyanates is 1. The molecule has 2 nitrogen and oxygen atoms in total. The van der Waals surface area contributed by atoms with E-state index in [0.29, 0.717) is 23.4 Å². The Morgan fingerprint density at radius 1 is 1.41 bits per heavy atom. The first-order valence-electron chi connectivity index (χ1n) is 5.26. The van der Waals surface area contributed by atoms with E-state index in [1.54, 1.807) is 0 Å². The predicted octanol–water partition coefficient (Wildman–Crippen LogP) is 3.99. The molecule has 0 aliphatic heterocycles. The van der Waals surface area contributed by atoms with Crippen molar-refractivity contribution in [3.8, 4) is 0 Å². The summed E-state index contributed by atoms with van der Waals surface area (Å²) in [5.41, 5.74) is -0.582. The molecule has 1 aliphatic rings. The summed E-state index contributed by atoms with van der Waals surface area (Å²) in [6.07, 6.45) is 0.919. The molecule has 0 atom stereocenters. The third-order valence-corrected chi connectivity index (χ3v) is 3.43. The normalized spacial score (nSPS) is 17.4. The van der Waals surface area contributed by atoms with Gasteiger partial charge in [0, 0.05) is 10.6 Å². The van der Waals surface area contributed by atoms with Gasteiger partial charge < -0.3 is 0 Å². The van der Waals surface area contributed by atoms with Gasteiger partial charge in [-0.2, -0.15) is 4.99 Å². The maximum Gasteiger partial charge on any atom is 0.264 e. The topological polar surface area (TPSA) is 29.4 Å². The van der Waals surface area contributed by atoms with Crippen molar-refractivity contribution in [2.45, 2.75) is 31.2 Å². The van der Waals surface area contributed by atoms with Crippen LogP contribution in [-0.4, -0.2) is 6.08 Å². The van der Waals surface area contributed by atoms with Crippen LogP contribution < -0.4 is 0 Å². The van der Waals surface area contributed by atoms with Crippen LogP contribution in [0.5, 0.6) is 0 Å². The lowest BCUT2D eigenvalue weighted by molar-refractivity contribution is 0.144. The van der Waals surface area contributed by atoms with E-state index in [9.17, 15) is 13.6 Å². The number of nitrogens with zero attached hydrogens (tertiary/aromatic N) is 1. The first-order valence-corrected chi connectivity index (χ1v) is 5.64. The van der Waals surface area contributed by atoms with Crippen molar-refractivity contribution in [3.63, 3.8) is 0 Å². The number of alkyl halides is 2. The van der Waals surface area contributed by atoms with Gasteiger partial charge in [0.1, 0.15) is 0 Å². The molecular formula is C12H10ClF2NO. The van der Waals surface area contributed by atoms with Crippen molar-refractivity contribution in [2.24, 2.45) is 4.99 Å². The van der Waals surface area contributed by atoms with E-state index in [4.69, 9.17) is 11.6 Å². The summed E-state index contributed by atoms with van der Waals surface area (Å²) in [6.45, 7) is 0. The second kappa shape index (κ2) is 4.55. The van der Waals surface area contributed by atoms with E-state index in [-0.39, 0.29) is 5.56 Å². The highest BCUT2D eigenvalue weighted by Gasteiger charge is 2.41. The molecule has 17 heavy (non-hydrogen) atoms. The molecule has 0 aromatic heterocycles. The van der Waals surface area contributed by atoms with Crippen molar-refractivity contribution in [1.29, 1.82) is 0 Å². The molecule has 0 heterocycles. The Balaban J connectivity index is 2.56. The molecule has 0 bridgehead atoms. The summed E-state index contributed by atoms with van der Waals surface area (Å²) in [6, 6.07) is 4.19. The van der Waals surface area contributed by atoms with Gasteiger partial charge in [0.05, 0.1) is 5.54 Å². The number of benzene rings is 1. The van der Waals surface area contributed by atoms with Crippen LogP contribution in [0.3, 0.4) is 0 Å². The van der Waals surface area contributed by atoms with Crippen LogP contribution in [0.2, 0.25) is 5.02 Å². The SMILES string of the molecule is O=C=NC1(c2cc(Cl)ccc2C(F)F)CCC1. The standard InChI is InChI=1S/C12H10ClF2NO/c13-8-2-3-9(11(14)15)10(6-8)12(16-7-17)4-1-5-12/h2-3,6,11H,1,4-5H2. The number of carbonyl (C=O) groups excluding carboxylic acids is 1. The third kappa shape index (κ3) is 2.11. The van der Waals surface area contributed by atoms with Crippen LogP contribution in [-0.2, 0) is 10.3 Å². The molecule has 0 radical (unpaired) electrons. The number of hydrogen-bond donors (Lipinski definition) is 0. The fourth-order valence-corrected chi connectivity index (χ4v) is 2.33. The van der Waals surface area contributed by atoms with E-state index in [2.05, 4.69) is 4.99 Å². The minimum Gasteiger partial charge on any atom is -0.211 e. The van der Waals surface area contributed by atoms with Gasteiger partial charge in [-0.25, -0.2) is 13.6 Å². The van der Waals surface area contributed by atoms with Crippen LogP contribution in [0, 0.1) is 0 Å². The number of halogens is 3. The lowest BCUT2D eigenvalue weighted by Gasteiger charge is -2.38. The second-order valence-electron chi connectivity index (χ2n) is 4.12. The minimum absolute atomic E-state index is 0.104. The molecular weight excluding hydrogens is 248 g/mol. The van der Waals surface area contributed by atoms with E-state index in [1.807, 2.05) is 0 Å². The Morgan fingerprint density at radius 2 is 2.12 bits per heavy atom. The summed E-state index contributed by atoms with van der Waals surface area (Å²) in [4.78, 5) is 14.2.